The third kappa shape index (κ3) is 2.50. The number of nitriles is 1. The van der Waals surface area contributed by atoms with E-state index in [0.717, 1.165) is 18.9 Å². The van der Waals surface area contributed by atoms with Crippen LogP contribution in [0.4, 0.5) is 5.82 Å². The normalized spacial score (nSPS) is 16.1. The van der Waals surface area contributed by atoms with Gasteiger partial charge in [-0.3, -0.25) is 0 Å². The fourth-order valence-corrected chi connectivity index (χ4v) is 2.23. The Kier molecular flexibility index (Phi) is 3.81. The largest absolute Gasteiger partial charge is 0.495 e. The van der Waals surface area contributed by atoms with E-state index in [9.17, 15) is 5.26 Å². The molecule has 1 aromatic heterocycles. The average molecular weight is 231 g/mol. The summed E-state index contributed by atoms with van der Waals surface area (Å²) in [4.78, 5) is 6.55. The lowest BCUT2D eigenvalue weighted by molar-refractivity contribution is 0.413. The van der Waals surface area contributed by atoms with Crippen molar-refractivity contribution in [3.05, 3.63) is 17.8 Å². The smallest absolute Gasteiger partial charge is 0.150 e. The maximum Gasteiger partial charge on any atom is 0.150 e. The van der Waals surface area contributed by atoms with Crippen LogP contribution in [-0.4, -0.2) is 25.2 Å². The summed E-state index contributed by atoms with van der Waals surface area (Å²) in [5.74, 6) is 1.38. The van der Waals surface area contributed by atoms with Gasteiger partial charge in [-0.2, -0.15) is 5.26 Å². The van der Waals surface area contributed by atoms with Crippen molar-refractivity contribution in [3.63, 3.8) is 0 Å². The Bertz CT molecular complexity index is 417. The SMILES string of the molecule is COc1ccnc(N2CCCCCC2)c1C#N. The van der Waals surface area contributed by atoms with Gasteiger partial charge in [0.25, 0.3) is 0 Å². The molecule has 2 heterocycles. The van der Waals surface area contributed by atoms with Gasteiger partial charge in [-0.05, 0) is 18.9 Å². The van der Waals surface area contributed by atoms with Crippen LogP contribution in [0.1, 0.15) is 31.2 Å². The van der Waals surface area contributed by atoms with Gasteiger partial charge < -0.3 is 9.64 Å². The molecule has 4 nitrogen and oxygen atoms in total. The van der Waals surface area contributed by atoms with Gasteiger partial charge in [0.15, 0.2) is 0 Å². The van der Waals surface area contributed by atoms with E-state index < -0.39 is 0 Å². The lowest BCUT2D eigenvalue weighted by atomic mass is 10.2. The summed E-state index contributed by atoms with van der Waals surface area (Å²) in [6, 6.07) is 3.94. The van der Waals surface area contributed by atoms with E-state index in [4.69, 9.17) is 4.74 Å². The van der Waals surface area contributed by atoms with Gasteiger partial charge in [0.05, 0.1) is 7.11 Å². The maximum absolute atomic E-state index is 9.23. The minimum atomic E-state index is 0.553. The molecule has 0 saturated carbocycles. The van der Waals surface area contributed by atoms with Crippen molar-refractivity contribution in [1.29, 1.82) is 5.26 Å². The first-order chi connectivity index (χ1) is 8.36. The summed E-state index contributed by atoms with van der Waals surface area (Å²) < 4.78 is 5.21. The van der Waals surface area contributed by atoms with E-state index in [-0.39, 0.29) is 0 Å². The standard InChI is InChI=1S/C13H17N3O/c1-17-12-6-7-15-13(11(12)10-14)16-8-4-2-3-5-9-16/h6-7H,2-5,8-9H2,1H3. The van der Waals surface area contributed by atoms with Gasteiger partial charge in [-0.25, -0.2) is 4.98 Å². The third-order valence-electron chi connectivity index (χ3n) is 3.13. The summed E-state index contributed by atoms with van der Waals surface area (Å²) in [6.45, 7) is 1.96. The lowest BCUT2D eigenvalue weighted by Crippen LogP contribution is -2.25. The number of hydrogen-bond acceptors (Lipinski definition) is 4. The van der Waals surface area contributed by atoms with Crippen molar-refractivity contribution >= 4 is 5.82 Å². The summed E-state index contributed by atoms with van der Waals surface area (Å²) in [5.41, 5.74) is 0.553. The van der Waals surface area contributed by atoms with E-state index in [1.54, 1.807) is 19.4 Å². The summed E-state index contributed by atoms with van der Waals surface area (Å²) in [5, 5.41) is 9.23. The van der Waals surface area contributed by atoms with Gasteiger partial charge >= 0.3 is 0 Å². The van der Waals surface area contributed by atoms with Gasteiger partial charge in [0.2, 0.25) is 0 Å². The number of anilines is 1. The van der Waals surface area contributed by atoms with Crippen molar-refractivity contribution < 1.29 is 4.74 Å². The van der Waals surface area contributed by atoms with E-state index in [1.165, 1.54) is 25.7 Å². The lowest BCUT2D eigenvalue weighted by Gasteiger charge is -2.22. The number of methoxy groups -OCH3 is 1. The van der Waals surface area contributed by atoms with Gasteiger partial charge in [-0.1, -0.05) is 12.8 Å². The highest BCUT2D eigenvalue weighted by atomic mass is 16.5. The zero-order chi connectivity index (χ0) is 12.1. The van der Waals surface area contributed by atoms with Crippen LogP contribution in [0, 0.1) is 11.3 Å². The quantitative estimate of drug-likeness (QED) is 0.784. The molecule has 0 bridgehead atoms. The number of ether oxygens (including phenoxy) is 1. The second-order valence-electron chi connectivity index (χ2n) is 4.22. The molecule has 0 radical (unpaired) electrons. The fraction of sp³-hybridized carbons (Fsp3) is 0.538. The number of hydrogen-bond donors (Lipinski definition) is 0. The predicted molar refractivity (Wildman–Crippen MR) is 66.2 cm³/mol. The number of rotatable bonds is 2. The highest BCUT2D eigenvalue weighted by Crippen LogP contribution is 2.27. The zero-order valence-electron chi connectivity index (χ0n) is 10.1. The van der Waals surface area contributed by atoms with Gasteiger partial charge in [0.1, 0.15) is 23.2 Å². The minimum absolute atomic E-state index is 0.553. The molecule has 1 aliphatic heterocycles. The molecule has 1 fully saturated rings. The van der Waals surface area contributed by atoms with Crippen LogP contribution in [0.3, 0.4) is 0 Å². The molecule has 0 amide bonds. The van der Waals surface area contributed by atoms with Crippen LogP contribution in [-0.2, 0) is 0 Å². The Balaban J connectivity index is 2.33. The fourth-order valence-electron chi connectivity index (χ4n) is 2.23. The number of nitrogens with zero attached hydrogens (tertiary/aromatic N) is 3. The summed E-state index contributed by atoms with van der Waals surface area (Å²) in [7, 11) is 1.59. The van der Waals surface area contributed by atoms with Crippen LogP contribution in [0.25, 0.3) is 0 Å². The molecule has 17 heavy (non-hydrogen) atoms. The molecule has 0 aliphatic carbocycles. The van der Waals surface area contributed by atoms with Crippen LogP contribution in [0.15, 0.2) is 12.3 Å². The van der Waals surface area contributed by atoms with Crippen molar-refractivity contribution in [2.75, 3.05) is 25.1 Å². The van der Waals surface area contributed by atoms with Crippen LogP contribution >= 0.6 is 0 Å². The molecular formula is C13H17N3O. The average Bonchev–Trinajstić information content (AvgIpc) is 2.66. The Morgan fingerprint density at radius 1 is 1.29 bits per heavy atom. The number of pyridine rings is 1. The Morgan fingerprint density at radius 3 is 2.59 bits per heavy atom. The first-order valence-corrected chi connectivity index (χ1v) is 6.05. The Labute approximate surface area is 102 Å². The second-order valence-corrected chi connectivity index (χ2v) is 4.22. The van der Waals surface area contributed by atoms with Crippen LogP contribution in [0.5, 0.6) is 5.75 Å². The topological polar surface area (TPSA) is 49.1 Å². The second kappa shape index (κ2) is 5.53. The summed E-state index contributed by atoms with van der Waals surface area (Å²) >= 11 is 0. The monoisotopic (exact) mass is 231 g/mol. The molecule has 0 aromatic carbocycles. The van der Waals surface area contributed by atoms with Crippen LogP contribution < -0.4 is 9.64 Å². The first kappa shape index (κ1) is 11.7. The van der Waals surface area contributed by atoms with E-state index in [1.807, 2.05) is 0 Å². The zero-order valence-corrected chi connectivity index (χ0v) is 10.1. The van der Waals surface area contributed by atoms with E-state index in [2.05, 4.69) is 16.0 Å². The molecule has 1 aliphatic rings. The highest BCUT2D eigenvalue weighted by Gasteiger charge is 2.17. The molecule has 0 spiro atoms. The van der Waals surface area contributed by atoms with Crippen molar-refractivity contribution in [3.8, 4) is 11.8 Å². The van der Waals surface area contributed by atoms with E-state index in [0.29, 0.717) is 11.3 Å². The minimum Gasteiger partial charge on any atom is -0.495 e. The summed E-state index contributed by atoms with van der Waals surface area (Å²) in [6.07, 6.45) is 6.58. The molecule has 0 atom stereocenters. The first-order valence-electron chi connectivity index (χ1n) is 6.05. The van der Waals surface area contributed by atoms with Crippen molar-refractivity contribution in [2.24, 2.45) is 0 Å². The molecule has 0 N–H and O–H groups in total. The molecule has 90 valence electrons. The van der Waals surface area contributed by atoms with Gasteiger partial charge in [0, 0.05) is 19.3 Å². The number of aromatic nitrogens is 1. The third-order valence-corrected chi connectivity index (χ3v) is 3.13. The van der Waals surface area contributed by atoms with Crippen molar-refractivity contribution in [1.82, 2.24) is 4.98 Å². The Morgan fingerprint density at radius 2 is 2.00 bits per heavy atom. The van der Waals surface area contributed by atoms with Crippen molar-refractivity contribution in [2.45, 2.75) is 25.7 Å². The van der Waals surface area contributed by atoms with Crippen LogP contribution in [0.2, 0.25) is 0 Å². The highest BCUT2D eigenvalue weighted by molar-refractivity contribution is 5.60. The van der Waals surface area contributed by atoms with E-state index >= 15 is 0 Å². The predicted octanol–water partition coefficient (Wildman–Crippen LogP) is 2.34. The van der Waals surface area contributed by atoms with Gasteiger partial charge in [-0.15, -0.1) is 0 Å². The maximum atomic E-state index is 9.23. The molecule has 4 heteroatoms. The molecule has 1 aromatic rings. The Hall–Kier alpha value is -1.76. The molecular weight excluding hydrogens is 214 g/mol. The molecule has 1 saturated heterocycles. The molecule has 2 rings (SSSR count). The molecule has 0 unspecified atom stereocenters.